The zero-order valence-electron chi connectivity index (χ0n) is 11.1. The predicted octanol–water partition coefficient (Wildman–Crippen LogP) is 3.50. The lowest BCUT2D eigenvalue weighted by Crippen LogP contribution is -2.26. The topological polar surface area (TPSA) is 95.6 Å². The van der Waals surface area contributed by atoms with Crippen molar-refractivity contribution in [2.24, 2.45) is 16.1 Å². The summed E-state index contributed by atoms with van der Waals surface area (Å²) in [4.78, 5) is 14.0. The van der Waals surface area contributed by atoms with E-state index >= 15 is 0 Å². The Morgan fingerprint density at radius 1 is 1.05 bits per heavy atom. The monoisotopic (exact) mass is 279 g/mol. The molecule has 21 heavy (non-hydrogen) atoms. The fraction of sp³-hybridized carbons (Fsp3) is 0. The number of hydrazine groups is 1. The normalized spacial score (nSPS) is 11.1. The Bertz CT molecular complexity index is 804. The van der Waals surface area contributed by atoms with Gasteiger partial charge in [-0.25, -0.2) is 10.6 Å². The summed E-state index contributed by atoms with van der Waals surface area (Å²) in [5.41, 5.74) is 5.77. The van der Waals surface area contributed by atoms with Crippen molar-refractivity contribution in [2.75, 3.05) is 0 Å². The van der Waals surface area contributed by atoms with Gasteiger partial charge in [0.1, 0.15) is 0 Å². The predicted molar refractivity (Wildman–Crippen MR) is 81.0 cm³/mol. The number of hydrogen-bond donors (Lipinski definition) is 3. The summed E-state index contributed by atoms with van der Waals surface area (Å²) in [6.07, 6.45) is 1.92. The van der Waals surface area contributed by atoms with Crippen molar-refractivity contribution in [3.8, 4) is 11.1 Å². The number of hydrogen-bond acceptors (Lipinski definition) is 3. The van der Waals surface area contributed by atoms with Gasteiger partial charge in [-0.05, 0) is 46.8 Å². The first kappa shape index (κ1) is 13.0. The summed E-state index contributed by atoms with van der Waals surface area (Å²) < 4.78 is 0. The van der Waals surface area contributed by atoms with Gasteiger partial charge in [0, 0.05) is 11.7 Å². The summed E-state index contributed by atoms with van der Waals surface area (Å²) in [6.45, 7) is 0. The first-order chi connectivity index (χ1) is 10.3. The molecule has 3 rings (SSSR count). The zero-order chi connectivity index (χ0) is 14.7. The number of fused-ring (bicyclic) bond motifs is 1. The first-order valence-corrected chi connectivity index (χ1v) is 6.36. The van der Waals surface area contributed by atoms with Gasteiger partial charge in [-0.2, -0.15) is 0 Å². The van der Waals surface area contributed by atoms with Gasteiger partial charge in [-0.1, -0.05) is 23.3 Å². The molecular formula is C15H13N5O. The van der Waals surface area contributed by atoms with E-state index in [9.17, 15) is 4.79 Å². The van der Waals surface area contributed by atoms with E-state index in [1.807, 2.05) is 35.9 Å². The van der Waals surface area contributed by atoms with E-state index < -0.39 is 6.03 Å². The molecule has 2 amide bonds. The molecule has 6 nitrogen and oxygen atoms in total. The molecule has 0 unspecified atom stereocenters. The highest BCUT2D eigenvalue weighted by Crippen LogP contribution is 2.25. The van der Waals surface area contributed by atoms with Crippen LogP contribution in [-0.4, -0.2) is 11.0 Å². The molecule has 0 spiro atoms. The number of carbonyl (C=O) groups excluding carboxylic acids is 1. The molecule has 2 aromatic carbocycles. The SMILES string of the molecule is NNC(=O)N=Nc1ccc(-c2ccc3[nH]ccc3c2)cc1. The maximum Gasteiger partial charge on any atom is 0.373 e. The minimum atomic E-state index is -0.683. The number of nitrogens with two attached hydrogens (primary N) is 1. The van der Waals surface area contributed by atoms with E-state index in [1.54, 1.807) is 12.1 Å². The standard InChI is InChI=1S/C15H13N5O/c16-18-15(21)20-19-13-4-1-10(2-5-13)11-3-6-14-12(9-11)7-8-17-14/h1-9,17H,16H2,(H,18,21). The highest BCUT2D eigenvalue weighted by molar-refractivity contribution is 5.85. The number of amides is 2. The summed E-state index contributed by atoms with van der Waals surface area (Å²) in [7, 11) is 0. The van der Waals surface area contributed by atoms with Crippen LogP contribution in [0.4, 0.5) is 10.5 Å². The number of nitrogens with zero attached hydrogens (tertiary/aromatic N) is 2. The summed E-state index contributed by atoms with van der Waals surface area (Å²) in [5, 5.41) is 8.34. The molecular weight excluding hydrogens is 266 g/mol. The van der Waals surface area contributed by atoms with E-state index in [0.717, 1.165) is 22.0 Å². The van der Waals surface area contributed by atoms with Crippen LogP contribution in [0, 0.1) is 0 Å². The minimum absolute atomic E-state index is 0.588. The highest BCUT2D eigenvalue weighted by Gasteiger charge is 2.01. The van der Waals surface area contributed by atoms with E-state index in [1.165, 1.54) is 0 Å². The van der Waals surface area contributed by atoms with Crippen LogP contribution in [0.2, 0.25) is 0 Å². The quantitative estimate of drug-likeness (QED) is 0.290. The zero-order valence-corrected chi connectivity index (χ0v) is 11.1. The smallest absolute Gasteiger partial charge is 0.361 e. The molecule has 0 saturated heterocycles. The molecule has 0 radical (unpaired) electrons. The second-order valence-corrected chi connectivity index (χ2v) is 4.48. The minimum Gasteiger partial charge on any atom is -0.361 e. The third-order valence-corrected chi connectivity index (χ3v) is 3.13. The van der Waals surface area contributed by atoms with Crippen molar-refractivity contribution in [1.82, 2.24) is 10.4 Å². The Hall–Kier alpha value is -2.99. The molecule has 0 atom stereocenters. The lowest BCUT2D eigenvalue weighted by Gasteiger charge is -2.02. The molecule has 0 aliphatic rings. The van der Waals surface area contributed by atoms with E-state index in [4.69, 9.17) is 5.84 Å². The number of nitrogens with one attached hydrogen (secondary N) is 2. The molecule has 1 aromatic heterocycles. The van der Waals surface area contributed by atoms with Crippen LogP contribution in [0.1, 0.15) is 0 Å². The molecule has 4 N–H and O–H groups in total. The van der Waals surface area contributed by atoms with Crippen LogP contribution >= 0.6 is 0 Å². The van der Waals surface area contributed by atoms with Gasteiger partial charge < -0.3 is 4.98 Å². The van der Waals surface area contributed by atoms with Gasteiger partial charge >= 0.3 is 6.03 Å². The number of benzene rings is 2. The first-order valence-electron chi connectivity index (χ1n) is 6.36. The average Bonchev–Trinajstić information content (AvgIpc) is 3.00. The number of carbonyl (C=O) groups is 1. The summed E-state index contributed by atoms with van der Waals surface area (Å²) >= 11 is 0. The van der Waals surface area contributed by atoms with E-state index in [-0.39, 0.29) is 0 Å². The van der Waals surface area contributed by atoms with Gasteiger partial charge in [0.15, 0.2) is 0 Å². The Labute approximate surface area is 120 Å². The molecule has 0 fully saturated rings. The Morgan fingerprint density at radius 3 is 2.57 bits per heavy atom. The van der Waals surface area contributed by atoms with Crippen molar-refractivity contribution in [2.45, 2.75) is 0 Å². The average molecular weight is 279 g/mol. The van der Waals surface area contributed by atoms with Gasteiger partial charge in [0.25, 0.3) is 0 Å². The molecule has 0 saturated carbocycles. The number of aromatic nitrogens is 1. The maximum atomic E-state index is 10.9. The molecule has 0 aliphatic heterocycles. The van der Waals surface area contributed by atoms with Crippen LogP contribution in [0.25, 0.3) is 22.0 Å². The molecule has 6 heteroatoms. The fourth-order valence-electron chi connectivity index (χ4n) is 2.09. The van der Waals surface area contributed by atoms with Gasteiger partial charge in [-0.3, -0.25) is 5.43 Å². The van der Waals surface area contributed by atoms with Gasteiger partial charge in [-0.15, -0.1) is 5.11 Å². The third kappa shape index (κ3) is 2.80. The third-order valence-electron chi connectivity index (χ3n) is 3.13. The van der Waals surface area contributed by atoms with Crippen LogP contribution < -0.4 is 11.3 Å². The second-order valence-electron chi connectivity index (χ2n) is 4.48. The van der Waals surface area contributed by atoms with Gasteiger partial charge in [0.05, 0.1) is 5.69 Å². The van der Waals surface area contributed by atoms with E-state index in [2.05, 4.69) is 27.3 Å². The number of rotatable bonds is 2. The second kappa shape index (κ2) is 5.56. The van der Waals surface area contributed by atoms with Crippen LogP contribution in [0.3, 0.4) is 0 Å². The molecule has 0 aliphatic carbocycles. The molecule has 104 valence electrons. The number of aromatic amines is 1. The molecule has 3 aromatic rings. The highest BCUT2D eigenvalue weighted by atomic mass is 16.2. The number of H-pyrrole nitrogens is 1. The lowest BCUT2D eigenvalue weighted by molar-refractivity contribution is 0.248. The largest absolute Gasteiger partial charge is 0.373 e. The van der Waals surface area contributed by atoms with Crippen molar-refractivity contribution in [3.05, 3.63) is 54.7 Å². The fourth-order valence-corrected chi connectivity index (χ4v) is 2.09. The van der Waals surface area contributed by atoms with E-state index in [0.29, 0.717) is 5.69 Å². The van der Waals surface area contributed by atoms with Crippen LogP contribution in [-0.2, 0) is 0 Å². The van der Waals surface area contributed by atoms with Crippen molar-refractivity contribution < 1.29 is 4.79 Å². The number of azo groups is 1. The van der Waals surface area contributed by atoms with Crippen LogP contribution in [0.5, 0.6) is 0 Å². The molecule has 0 bridgehead atoms. The molecule has 1 heterocycles. The van der Waals surface area contributed by atoms with Crippen LogP contribution in [0.15, 0.2) is 65.0 Å². The number of urea groups is 1. The van der Waals surface area contributed by atoms with Gasteiger partial charge in [0.2, 0.25) is 0 Å². The lowest BCUT2D eigenvalue weighted by atomic mass is 10.0. The summed E-state index contributed by atoms with van der Waals surface area (Å²) in [5.74, 6) is 4.92. The van der Waals surface area contributed by atoms with Crippen molar-refractivity contribution >= 4 is 22.6 Å². The summed E-state index contributed by atoms with van der Waals surface area (Å²) in [6, 6.07) is 15.0. The Kier molecular flexibility index (Phi) is 3.44. The Balaban J connectivity index is 1.86. The Morgan fingerprint density at radius 2 is 1.81 bits per heavy atom. The van der Waals surface area contributed by atoms with Crippen molar-refractivity contribution in [3.63, 3.8) is 0 Å². The maximum absolute atomic E-state index is 10.9. The van der Waals surface area contributed by atoms with Crippen molar-refractivity contribution in [1.29, 1.82) is 0 Å².